The molecule has 1 aromatic carbocycles. The van der Waals surface area contributed by atoms with Gasteiger partial charge in [0.05, 0.1) is 0 Å². The molecule has 2 atom stereocenters. The van der Waals surface area contributed by atoms with Gasteiger partial charge in [0.25, 0.3) is 0 Å². The van der Waals surface area contributed by atoms with Crippen LogP contribution in [-0.2, 0) is 4.79 Å². The average molecular weight is 385 g/mol. The Morgan fingerprint density at radius 1 is 1.07 bits per heavy atom. The summed E-state index contributed by atoms with van der Waals surface area (Å²) < 4.78 is 5.43. The van der Waals surface area contributed by atoms with Crippen LogP contribution in [0.4, 0.5) is 0 Å². The van der Waals surface area contributed by atoms with E-state index in [1.807, 2.05) is 30.3 Å². The number of allylic oxidation sites excluding steroid dienone is 2. The molecule has 0 N–H and O–H groups in total. The summed E-state index contributed by atoms with van der Waals surface area (Å²) in [4.78, 5) is 12.1. The topological polar surface area (TPSA) is 26.3 Å². The first kappa shape index (κ1) is 22.7. The molecule has 0 heterocycles. The van der Waals surface area contributed by atoms with E-state index in [2.05, 4.69) is 19.9 Å². The van der Waals surface area contributed by atoms with Crippen molar-refractivity contribution < 1.29 is 9.53 Å². The third kappa shape index (κ3) is 8.63. The highest BCUT2D eigenvalue weighted by Gasteiger charge is 2.20. The van der Waals surface area contributed by atoms with Crippen molar-refractivity contribution in [2.45, 2.75) is 97.3 Å². The van der Waals surface area contributed by atoms with Gasteiger partial charge < -0.3 is 4.74 Å². The van der Waals surface area contributed by atoms with Gasteiger partial charge in [-0.15, -0.1) is 0 Å². The maximum Gasteiger partial charge on any atom is 0.311 e. The summed E-state index contributed by atoms with van der Waals surface area (Å²) >= 11 is 0. The van der Waals surface area contributed by atoms with Crippen LogP contribution in [0.2, 0.25) is 0 Å². The molecule has 0 aromatic heterocycles. The van der Waals surface area contributed by atoms with Gasteiger partial charge in [0.15, 0.2) is 0 Å². The van der Waals surface area contributed by atoms with E-state index < -0.39 is 0 Å². The van der Waals surface area contributed by atoms with Crippen LogP contribution < -0.4 is 4.74 Å². The average Bonchev–Trinajstić information content (AvgIpc) is 2.73. The molecule has 28 heavy (non-hydrogen) atoms. The number of hydrogen-bond acceptors (Lipinski definition) is 2. The first-order valence-corrected chi connectivity index (χ1v) is 11.7. The van der Waals surface area contributed by atoms with Gasteiger partial charge in [0, 0.05) is 6.42 Å². The fourth-order valence-electron chi connectivity index (χ4n) is 4.37. The van der Waals surface area contributed by atoms with Gasteiger partial charge in [-0.3, -0.25) is 4.79 Å². The Bertz CT molecular complexity index is 575. The van der Waals surface area contributed by atoms with E-state index >= 15 is 0 Å². The van der Waals surface area contributed by atoms with Gasteiger partial charge in [0.1, 0.15) is 5.75 Å². The molecule has 1 aliphatic carbocycles. The molecule has 0 bridgehead atoms. The SMILES string of the molecule is CCCCCCCCC1CC=C(C(CC)CCC(=O)Oc2ccccc2)CC1. The van der Waals surface area contributed by atoms with Crippen LogP contribution in [0.1, 0.15) is 97.3 Å². The Morgan fingerprint density at radius 2 is 1.82 bits per heavy atom. The number of esters is 1. The Labute approximate surface area is 172 Å². The summed E-state index contributed by atoms with van der Waals surface area (Å²) in [5, 5.41) is 0. The minimum absolute atomic E-state index is 0.109. The monoisotopic (exact) mass is 384 g/mol. The molecule has 2 heteroatoms. The van der Waals surface area contributed by atoms with Gasteiger partial charge in [-0.1, -0.05) is 88.6 Å². The zero-order valence-electron chi connectivity index (χ0n) is 18.1. The van der Waals surface area contributed by atoms with E-state index in [1.165, 1.54) is 64.2 Å². The Kier molecular flexibility index (Phi) is 11.0. The smallest absolute Gasteiger partial charge is 0.311 e. The molecule has 0 amide bonds. The van der Waals surface area contributed by atoms with Crippen molar-refractivity contribution in [3.05, 3.63) is 42.0 Å². The summed E-state index contributed by atoms with van der Waals surface area (Å²) in [6.07, 6.45) is 18.6. The lowest BCUT2D eigenvalue weighted by Crippen LogP contribution is -2.15. The van der Waals surface area contributed by atoms with E-state index in [1.54, 1.807) is 5.57 Å². The van der Waals surface area contributed by atoms with Crippen molar-refractivity contribution in [1.82, 2.24) is 0 Å². The number of carbonyl (C=O) groups excluding carboxylic acids is 1. The molecular formula is C26H40O2. The summed E-state index contributed by atoms with van der Waals surface area (Å²) in [5.74, 6) is 1.96. The maximum absolute atomic E-state index is 12.1. The van der Waals surface area contributed by atoms with E-state index in [4.69, 9.17) is 4.74 Å². The highest BCUT2D eigenvalue weighted by molar-refractivity contribution is 5.72. The minimum Gasteiger partial charge on any atom is -0.427 e. The van der Waals surface area contributed by atoms with E-state index in [0.717, 1.165) is 18.8 Å². The van der Waals surface area contributed by atoms with Crippen LogP contribution in [-0.4, -0.2) is 5.97 Å². The second-order valence-corrected chi connectivity index (χ2v) is 8.41. The quantitative estimate of drug-likeness (QED) is 0.150. The predicted octanol–water partition coefficient (Wildman–Crippen LogP) is 7.88. The van der Waals surface area contributed by atoms with Crippen molar-refractivity contribution >= 4 is 5.97 Å². The largest absolute Gasteiger partial charge is 0.427 e. The molecule has 0 spiro atoms. The summed E-state index contributed by atoms with van der Waals surface area (Å²) in [6.45, 7) is 4.53. The van der Waals surface area contributed by atoms with Gasteiger partial charge >= 0.3 is 5.97 Å². The fraction of sp³-hybridized carbons (Fsp3) is 0.654. The van der Waals surface area contributed by atoms with E-state index in [-0.39, 0.29) is 5.97 Å². The van der Waals surface area contributed by atoms with Crippen molar-refractivity contribution in [2.75, 3.05) is 0 Å². The second-order valence-electron chi connectivity index (χ2n) is 8.41. The molecule has 1 aromatic rings. The van der Waals surface area contributed by atoms with Crippen molar-refractivity contribution in [1.29, 1.82) is 0 Å². The first-order chi connectivity index (χ1) is 13.7. The van der Waals surface area contributed by atoms with Crippen molar-refractivity contribution in [3.63, 3.8) is 0 Å². The first-order valence-electron chi connectivity index (χ1n) is 11.7. The third-order valence-electron chi connectivity index (χ3n) is 6.21. The summed E-state index contributed by atoms with van der Waals surface area (Å²) in [6, 6.07) is 9.39. The van der Waals surface area contributed by atoms with Gasteiger partial charge in [-0.25, -0.2) is 0 Å². The highest BCUT2D eigenvalue weighted by atomic mass is 16.5. The van der Waals surface area contributed by atoms with Gasteiger partial charge in [-0.2, -0.15) is 0 Å². The van der Waals surface area contributed by atoms with Crippen LogP contribution in [0, 0.1) is 11.8 Å². The molecular weight excluding hydrogens is 344 g/mol. The van der Waals surface area contributed by atoms with Crippen molar-refractivity contribution in [2.24, 2.45) is 11.8 Å². The van der Waals surface area contributed by atoms with Crippen LogP contribution in [0.15, 0.2) is 42.0 Å². The van der Waals surface area contributed by atoms with Crippen LogP contribution in [0.5, 0.6) is 5.75 Å². The van der Waals surface area contributed by atoms with Gasteiger partial charge in [-0.05, 0) is 56.1 Å². The fourth-order valence-corrected chi connectivity index (χ4v) is 4.37. The number of carbonyl (C=O) groups is 1. The molecule has 156 valence electrons. The molecule has 0 saturated carbocycles. The van der Waals surface area contributed by atoms with E-state index in [0.29, 0.717) is 18.1 Å². The molecule has 1 aliphatic rings. The van der Waals surface area contributed by atoms with Gasteiger partial charge in [0.2, 0.25) is 0 Å². The molecule has 0 saturated heterocycles. The second kappa shape index (κ2) is 13.6. The molecule has 2 nitrogen and oxygen atoms in total. The van der Waals surface area contributed by atoms with Crippen LogP contribution >= 0.6 is 0 Å². The molecule has 0 fully saturated rings. The summed E-state index contributed by atoms with van der Waals surface area (Å²) in [7, 11) is 0. The molecule has 2 rings (SSSR count). The lowest BCUT2D eigenvalue weighted by atomic mass is 9.79. The normalized spacial score (nSPS) is 17.8. The van der Waals surface area contributed by atoms with Crippen LogP contribution in [0.3, 0.4) is 0 Å². The maximum atomic E-state index is 12.1. The predicted molar refractivity (Wildman–Crippen MR) is 119 cm³/mol. The molecule has 0 aliphatic heterocycles. The molecule has 2 unspecified atom stereocenters. The highest BCUT2D eigenvalue weighted by Crippen LogP contribution is 2.34. The number of para-hydroxylation sites is 1. The number of ether oxygens (including phenoxy) is 1. The number of benzene rings is 1. The number of hydrogen-bond donors (Lipinski definition) is 0. The Morgan fingerprint density at radius 3 is 2.50 bits per heavy atom. The lowest BCUT2D eigenvalue weighted by Gasteiger charge is -2.26. The Balaban J connectivity index is 1.66. The minimum atomic E-state index is -0.109. The number of rotatable bonds is 13. The Hall–Kier alpha value is -1.57. The zero-order chi connectivity index (χ0) is 20.0. The zero-order valence-corrected chi connectivity index (χ0v) is 18.1. The van der Waals surface area contributed by atoms with E-state index in [9.17, 15) is 4.79 Å². The molecule has 0 radical (unpaired) electrons. The standard InChI is InChI=1S/C26H40O2/c1-3-5-6-7-8-10-13-22-16-18-24(19-17-22)23(4-2)20-21-26(27)28-25-14-11-9-12-15-25/h9,11-12,14-15,18,22-23H,3-8,10,13,16-17,19-21H2,1-2H3. The van der Waals surface area contributed by atoms with Crippen molar-refractivity contribution in [3.8, 4) is 5.75 Å². The summed E-state index contributed by atoms with van der Waals surface area (Å²) in [5.41, 5.74) is 1.59. The number of unbranched alkanes of at least 4 members (excludes halogenated alkanes) is 5. The lowest BCUT2D eigenvalue weighted by molar-refractivity contribution is -0.134. The third-order valence-corrected chi connectivity index (χ3v) is 6.21. The van der Waals surface area contributed by atoms with Crippen LogP contribution in [0.25, 0.3) is 0 Å².